The van der Waals surface area contributed by atoms with E-state index in [0.717, 1.165) is 17.0 Å². The predicted molar refractivity (Wildman–Crippen MR) is 61.1 cm³/mol. The molecule has 0 amide bonds. The molecule has 1 aromatic carbocycles. The normalized spacial score (nSPS) is 23.3. The van der Waals surface area contributed by atoms with E-state index in [-0.39, 0.29) is 30.1 Å². The Balaban J connectivity index is 0.00000128. The fourth-order valence-electron chi connectivity index (χ4n) is 1.93. The van der Waals surface area contributed by atoms with Crippen LogP contribution in [0.15, 0.2) is 18.2 Å². The van der Waals surface area contributed by atoms with Crippen molar-refractivity contribution in [2.24, 2.45) is 0 Å². The smallest absolute Gasteiger partial charge is 0.186 e. The van der Waals surface area contributed by atoms with Gasteiger partial charge in [0.05, 0.1) is 21.1 Å². The topological polar surface area (TPSA) is 29.5 Å². The average molecular weight is 335 g/mol. The first kappa shape index (κ1) is 13.7. The van der Waals surface area contributed by atoms with Crippen LogP contribution in [0.4, 0.5) is 5.69 Å². The van der Waals surface area contributed by atoms with E-state index in [0.29, 0.717) is 4.48 Å². The highest BCUT2D eigenvalue weighted by molar-refractivity contribution is 5.61. The monoisotopic (exact) mass is 335 g/mol. The van der Waals surface area contributed by atoms with E-state index in [2.05, 4.69) is 21.1 Å². The number of quaternary nitrogens is 1. The Bertz CT molecular complexity index is 387. The zero-order chi connectivity index (χ0) is 11.2. The van der Waals surface area contributed by atoms with Crippen LogP contribution in [0.5, 0.6) is 5.75 Å². The van der Waals surface area contributed by atoms with Crippen molar-refractivity contribution < 1.29 is 33.8 Å². The first-order valence-corrected chi connectivity index (χ1v) is 5.21. The molecule has 0 radical (unpaired) electrons. The highest BCUT2D eigenvalue weighted by Gasteiger charge is 2.34. The standard InChI is InChI=1S/C12H18NO2.HI/c1-8-11(14)9-6-5-7-10(12(9)15-8)13(2,3)4;/h5-8,11,14H,1-4H3;1H/q+1;/p-1. The zero-order valence-electron chi connectivity index (χ0n) is 10.1. The molecule has 16 heavy (non-hydrogen) atoms. The largest absolute Gasteiger partial charge is 1.00 e. The van der Waals surface area contributed by atoms with Gasteiger partial charge < -0.3 is 33.8 Å². The number of benzene rings is 1. The van der Waals surface area contributed by atoms with Gasteiger partial charge in [0, 0.05) is 11.6 Å². The van der Waals surface area contributed by atoms with Gasteiger partial charge in [0.25, 0.3) is 0 Å². The van der Waals surface area contributed by atoms with Gasteiger partial charge in [-0.15, -0.1) is 0 Å². The van der Waals surface area contributed by atoms with Crippen LogP contribution < -0.4 is 33.2 Å². The number of nitrogens with zero attached hydrogens (tertiary/aromatic N) is 1. The SMILES string of the molecule is CC1Oc2c(cccc2[N+](C)(C)C)C1O.[I-]. The fourth-order valence-corrected chi connectivity index (χ4v) is 1.93. The summed E-state index contributed by atoms with van der Waals surface area (Å²) in [6.07, 6.45) is -0.640. The quantitative estimate of drug-likeness (QED) is 0.511. The van der Waals surface area contributed by atoms with Gasteiger partial charge in [0.15, 0.2) is 11.4 Å². The zero-order valence-corrected chi connectivity index (χ0v) is 12.2. The summed E-state index contributed by atoms with van der Waals surface area (Å²) in [7, 11) is 6.27. The van der Waals surface area contributed by atoms with E-state index in [1.165, 1.54) is 0 Å². The maximum atomic E-state index is 9.91. The molecule has 1 aliphatic rings. The van der Waals surface area contributed by atoms with Crippen molar-refractivity contribution in [2.75, 3.05) is 21.1 Å². The molecule has 0 spiro atoms. The number of halogens is 1. The molecule has 90 valence electrons. The Kier molecular flexibility index (Phi) is 3.87. The lowest BCUT2D eigenvalue weighted by molar-refractivity contribution is -0.00000495. The van der Waals surface area contributed by atoms with Crippen LogP contribution in [0.1, 0.15) is 18.6 Å². The maximum Gasteiger partial charge on any atom is 0.186 e. The van der Waals surface area contributed by atoms with Crippen molar-refractivity contribution >= 4 is 5.69 Å². The van der Waals surface area contributed by atoms with E-state index >= 15 is 0 Å². The van der Waals surface area contributed by atoms with E-state index in [9.17, 15) is 5.11 Å². The van der Waals surface area contributed by atoms with Gasteiger partial charge in [-0.3, -0.25) is 4.48 Å². The summed E-state index contributed by atoms with van der Waals surface area (Å²) >= 11 is 0. The van der Waals surface area contributed by atoms with E-state index < -0.39 is 6.10 Å². The molecule has 1 aromatic rings. The first-order valence-electron chi connectivity index (χ1n) is 5.21. The second kappa shape index (κ2) is 4.50. The Morgan fingerprint density at radius 3 is 2.44 bits per heavy atom. The fraction of sp³-hybridized carbons (Fsp3) is 0.500. The summed E-state index contributed by atoms with van der Waals surface area (Å²) in [4.78, 5) is 0. The van der Waals surface area contributed by atoms with Crippen LogP contribution in [0.2, 0.25) is 0 Å². The highest BCUT2D eigenvalue weighted by Crippen LogP contribution is 2.43. The lowest BCUT2D eigenvalue weighted by Gasteiger charge is -2.25. The van der Waals surface area contributed by atoms with E-state index in [4.69, 9.17) is 4.74 Å². The Labute approximate surface area is 114 Å². The number of hydrogen-bond acceptors (Lipinski definition) is 2. The molecule has 2 rings (SSSR count). The lowest BCUT2D eigenvalue weighted by Crippen LogP contribution is -3.00. The number of rotatable bonds is 1. The molecule has 0 aromatic heterocycles. The third-order valence-electron chi connectivity index (χ3n) is 2.81. The maximum absolute atomic E-state index is 9.91. The van der Waals surface area contributed by atoms with Crippen LogP contribution in [-0.2, 0) is 0 Å². The first-order chi connectivity index (χ1) is 6.91. The molecule has 0 aliphatic carbocycles. The van der Waals surface area contributed by atoms with Crippen LogP contribution >= 0.6 is 0 Å². The number of aliphatic hydroxyl groups excluding tert-OH is 1. The molecule has 2 unspecified atom stereocenters. The third kappa shape index (κ3) is 2.19. The molecule has 0 saturated heterocycles. The van der Waals surface area contributed by atoms with Crippen molar-refractivity contribution in [3.63, 3.8) is 0 Å². The molecule has 1 N–H and O–H groups in total. The predicted octanol–water partition coefficient (Wildman–Crippen LogP) is -1.30. The van der Waals surface area contributed by atoms with Crippen molar-refractivity contribution in [1.29, 1.82) is 0 Å². The summed E-state index contributed by atoms with van der Waals surface area (Å²) in [5.74, 6) is 0.852. The molecular weight excluding hydrogens is 317 g/mol. The van der Waals surface area contributed by atoms with Crippen molar-refractivity contribution in [3.8, 4) is 5.75 Å². The van der Waals surface area contributed by atoms with Gasteiger partial charge in [0.1, 0.15) is 12.2 Å². The summed E-state index contributed by atoms with van der Waals surface area (Å²) < 4.78 is 6.41. The molecular formula is C12H18INO2. The molecule has 0 bridgehead atoms. The molecule has 1 heterocycles. The van der Waals surface area contributed by atoms with Gasteiger partial charge in [-0.1, -0.05) is 12.1 Å². The molecule has 0 fully saturated rings. The van der Waals surface area contributed by atoms with Crippen molar-refractivity contribution in [2.45, 2.75) is 19.1 Å². The van der Waals surface area contributed by atoms with Crippen LogP contribution in [-0.4, -0.2) is 32.4 Å². The minimum absolute atomic E-state index is 0. The van der Waals surface area contributed by atoms with Gasteiger partial charge in [-0.25, -0.2) is 0 Å². The second-order valence-corrected chi connectivity index (χ2v) is 4.98. The minimum Gasteiger partial charge on any atom is -1.00 e. The summed E-state index contributed by atoms with van der Waals surface area (Å²) in [6.45, 7) is 1.89. The van der Waals surface area contributed by atoms with Gasteiger partial charge in [-0.05, 0) is 6.92 Å². The molecule has 1 aliphatic heterocycles. The number of ether oxygens (including phenoxy) is 1. The Morgan fingerprint density at radius 2 is 1.88 bits per heavy atom. The van der Waals surface area contributed by atoms with Gasteiger partial charge in [0.2, 0.25) is 0 Å². The van der Waals surface area contributed by atoms with Crippen molar-refractivity contribution in [3.05, 3.63) is 23.8 Å². The lowest BCUT2D eigenvalue weighted by atomic mass is 10.1. The molecule has 4 heteroatoms. The third-order valence-corrected chi connectivity index (χ3v) is 2.81. The van der Waals surface area contributed by atoms with Gasteiger partial charge >= 0.3 is 0 Å². The van der Waals surface area contributed by atoms with Crippen LogP contribution in [0.3, 0.4) is 0 Å². The van der Waals surface area contributed by atoms with E-state index in [1.54, 1.807) is 0 Å². The summed E-state index contributed by atoms with van der Waals surface area (Å²) in [5, 5.41) is 9.91. The number of hydrogen-bond donors (Lipinski definition) is 1. The molecule has 3 nitrogen and oxygen atoms in total. The minimum atomic E-state index is -0.494. The highest BCUT2D eigenvalue weighted by atomic mass is 127. The van der Waals surface area contributed by atoms with Crippen molar-refractivity contribution in [1.82, 2.24) is 4.48 Å². The Morgan fingerprint density at radius 1 is 1.25 bits per heavy atom. The van der Waals surface area contributed by atoms with Crippen LogP contribution in [0, 0.1) is 0 Å². The van der Waals surface area contributed by atoms with Gasteiger partial charge in [-0.2, -0.15) is 0 Å². The van der Waals surface area contributed by atoms with Crippen LogP contribution in [0.25, 0.3) is 0 Å². The summed E-state index contributed by atoms with van der Waals surface area (Å²) in [6, 6.07) is 5.95. The number of aliphatic hydroxyl groups is 1. The summed E-state index contributed by atoms with van der Waals surface area (Å²) in [5.41, 5.74) is 2.02. The number of para-hydroxylation sites is 1. The molecule has 2 atom stereocenters. The second-order valence-electron chi connectivity index (χ2n) is 4.98. The Hall–Kier alpha value is -0.330. The van der Waals surface area contributed by atoms with E-state index in [1.807, 2.05) is 25.1 Å². The molecule has 0 saturated carbocycles. The number of fused-ring (bicyclic) bond motifs is 1. The average Bonchev–Trinajstić information content (AvgIpc) is 2.41.